The van der Waals surface area contributed by atoms with Gasteiger partial charge in [-0.1, -0.05) is 6.92 Å². The van der Waals surface area contributed by atoms with Gasteiger partial charge in [-0.2, -0.15) is 16.9 Å². The zero-order valence-corrected chi connectivity index (χ0v) is 14.1. The molecule has 8 heteroatoms. The number of aromatic nitrogens is 2. The van der Waals surface area contributed by atoms with Crippen molar-refractivity contribution in [3.05, 3.63) is 11.4 Å². The van der Waals surface area contributed by atoms with Gasteiger partial charge in [0, 0.05) is 12.6 Å². The number of H-pyrrole nitrogens is 1. The standard InChI is InChI=1S/C12H24N4O2S2/c1-5-13-8-11-12(10(3)14-15-11)20(17,18)16-9(2)6-7-19-4/h9,13,16H,5-8H2,1-4H3,(H,14,15). The summed E-state index contributed by atoms with van der Waals surface area (Å²) in [7, 11) is -3.53. The molecular weight excluding hydrogens is 296 g/mol. The molecule has 1 heterocycles. The van der Waals surface area contributed by atoms with Crippen LogP contribution in [0.5, 0.6) is 0 Å². The lowest BCUT2D eigenvalue weighted by Crippen LogP contribution is -2.34. The largest absolute Gasteiger partial charge is 0.311 e. The molecule has 0 radical (unpaired) electrons. The summed E-state index contributed by atoms with van der Waals surface area (Å²) in [6.07, 6.45) is 2.82. The molecule has 0 spiro atoms. The number of aromatic amines is 1. The highest BCUT2D eigenvalue weighted by atomic mass is 32.2. The Kier molecular flexibility index (Phi) is 7.01. The van der Waals surface area contributed by atoms with Gasteiger partial charge in [0.15, 0.2) is 0 Å². The lowest BCUT2D eigenvalue weighted by Gasteiger charge is -2.14. The number of thioether (sulfide) groups is 1. The van der Waals surface area contributed by atoms with E-state index in [-0.39, 0.29) is 10.9 Å². The molecule has 0 saturated carbocycles. The first-order valence-corrected chi connectivity index (χ1v) is 9.55. The van der Waals surface area contributed by atoms with Crippen LogP contribution in [0.15, 0.2) is 4.90 Å². The number of hydrogen-bond acceptors (Lipinski definition) is 5. The minimum absolute atomic E-state index is 0.0891. The van der Waals surface area contributed by atoms with E-state index < -0.39 is 10.0 Å². The average molecular weight is 320 g/mol. The minimum Gasteiger partial charge on any atom is -0.311 e. The number of nitrogens with one attached hydrogen (secondary N) is 3. The highest BCUT2D eigenvalue weighted by Crippen LogP contribution is 2.18. The molecule has 20 heavy (non-hydrogen) atoms. The number of nitrogens with zero attached hydrogens (tertiary/aromatic N) is 1. The van der Waals surface area contributed by atoms with Gasteiger partial charge in [-0.15, -0.1) is 0 Å². The fraction of sp³-hybridized carbons (Fsp3) is 0.750. The van der Waals surface area contributed by atoms with E-state index in [1.165, 1.54) is 0 Å². The normalized spacial score (nSPS) is 13.6. The Balaban J connectivity index is 2.88. The van der Waals surface area contributed by atoms with Crippen LogP contribution in [0.3, 0.4) is 0 Å². The molecule has 1 rings (SSSR count). The maximum atomic E-state index is 12.5. The molecule has 116 valence electrons. The maximum Gasteiger partial charge on any atom is 0.244 e. The van der Waals surface area contributed by atoms with Gasteiger partial charge >= 0.3 is 0 Å². The monoisotopic (exact) mass is 320 g/mol. The highest BCUT2D eigenvalue weighted by molar-refractivity contribution is 7.98. The second kappa shape index (κ2) is 8.02. The summed E-state index contributed by atoms with van der Waals surface area (Å²) in [6, 6.07) is -0.0891. The lowest BCUT2D eigenvalue weighted by atomic mass is 10.3. The summed E-state index contributed by atoms with van der Waals surface area (Å²) in [5, 5.41) is 9.93. The Labute approximate surface area is 125 Å². The van der Waals surface area contributed by atoms with Crippen LogP contribution in [0.4, 0.5) is 0 Å². The van der Waals surface area contributed by atoms with Crippen LogP contribution in [0.25, 0.3) is 0 Å². The third-order valence-corrected chi connectivity index (χ3v) is 5.32. The van der Waals surface area contributed by atoms with E-state index >= 15 is 0 Å². The van der Waals surface area contributed by atoms with E-state index in [2.05, 4.69) is 20.2 Å². The summed E-state index contributed by atoms with van der Waals surface area (Å²) in [6.45, 7) is 6.78. The molecule has 1 aromatic rings. The first-order valence-electron chi connectivity index (χ1n) is 6.68. The molecule has 0 fully saturated rings. The molecule has 0 aromatic carbocycles. The van der Waals surface area contributed by atoms with E-state index in [9.17, 15) is 8.42 Å². The van der Waals surface area contributed by atoms with Crippen LogP contribution in [-0.4, -0.2) is 43.2 Å². The number of aryl methyl sites for hydroxylation is 1. The summed E-state index contributed by atoms with van der Waals surface area (Å²) in [5.41, 5.74) is 1.11. The van der Waals surface area contributed by atoms with E-state index in [1.54, 1.807) is 18.7 Å². The van der Waals surface area contributed by atoms with Gasteiger partial charge in [0.05, 0.1) is 11.4 Å². The van der Waals surface area contributed by atoms with Crippen molar-refractivity contribution < 1.29 is 8.42 Å². The van der Waals surface area contributed by atoms with Crippen LogP contribution in [-0.2, 0) is 16.6 Å². The third-order valence-electron chi connectivity index (χ3n) is 2.88. The molecule has 0 bridgehead atoms. The molecule has 0 saturated heterocycles. The smallest absolute Gasteiger partial charge is 0.244 e. The molecule has 0 amide bonds. The summed E-state index contributed by atoms with van der Waals surface area (Å²) in [5.74, 6) is 0.929. The summed E-state index contributed by atoms with van der Waals surface area (Å²) < 4.78 is 27.7. The van der Waals surface area contributed by atoms with Crippen LogP contribution in [0.2, 0.25) is 0 Å². The molecule has 1 unspecified atom stereocenters. The van der Waals surface area contributed by atoms with Crippen molar-refractivity contribution in [2.24, 2.45) is 0 Å². The molecule has 6 nitrogen and oxygen atoms in total. The highest BCUT2D eigenvalue weighted by Gasteiger charge is 2.25. The van der Waals surface area contributed by atoms with Gasteiger partial charge < -0.3 is 5.32 Å². The van der Waals surface area contributed by atoms with Crippen LogP contribution < -0.4 is 10.0 Å². The third kappa shape index (κ3) is 4.76. The first kappa shape index (κ1) is 17.5. The molecule has 3 N–H and O–H groups in total. The van der Waals surface area contributed by atoms with E-state index in [1.807, 2.05) is 20.1 Å². The van der Waals surface area contributed by atoms with Gasteiger partial charge in [0.1, 0.15) is 4.90 Å². The summed E-state index contributed by atoms with van der Waals surface area (Å²) >= 11 is 1.71. The van der Waals surface area contributed by atoms with E-state index in [4.69, 9.17) is 0 Å². The molecule has 0 aliphatic carbocycles. The van der Waals surface area contributed by atoms with Crippen molar-refractivity contribution >= 4 is 21.8 Å². The van der Waals surface area contributed by atoms with E-state index in [0.717, 1.165) is 18.7 Å². The second-order valence-electron chi connectivity index (χ2n) is 4.71. The van der Waals surface area contributed by atoms with Gasteiger partial charge in [-0.25, -0.2) is 13.1 Å². The Hall–Kier alpha value is -0.570. The molecular formula is C12H24N4O2S2. The molecule has 1 atom stereocenters. The topological polar surface area (TPSA) is 86.9 Å². The van der Waals surface area contributed by atoms with Crippen molar-refractivity contribution in [3.63, 3.8) is 0 Å². The summed E-state index contributed by atoms with van der Waals surface area (Å²) in [4.78, 5) is 0.273. The fourth-order valence-electron chi connectivity index (χ4n) is 1.87. The quantitative estimate of drug-likeness (QED) is 0.637. The Morgan fingerprint density at radius 2 is 2.15 bits per heavy atom. The molecule has 0 aliphatic heterocycles. The second-order valence-corrected chi connectivity index (χ2v) is 7.34. The van der Waals surface area contributed by atoms with E-state index in [0.29, 0.717) is 17.9 Å². The zero-order chi connectivity index (χ0) is 15.2. The SMILES string of the molecule is CCNCc1n[nH]c(C)c1S(=O)(=O)NC(C)CCSC. The Bertz CT molecular complexity index is 514. The van der Waals surface area contributed by atoms with Crippen LogP contribution >= 0.6 is 11.8 Å². The van der Waals surface area contributed by atoms with Gasteiger partial charge in [-0.3, -0.25) is 5.10 Å². The van der Waals surface area contributed by atoms with Gasteiger partial charge in [0.2, 0.25) is 10.0 Å². The fourth-order valence-corrected chi connectivity index (χ4v) is 4.10. The predicted molar refractivity (Wildman–Crippen MR) is 83.5 cm³/mol. The van der Waals surface area contributed by atoms with Crippen LogP contribution in [0.1, 0.15) is 31.7 Å². The maximum absolute atomic E-state index is 12.5. The van der Waals surface area contributed by atoms with Crippen molar-refractivity contribution in [3.8, 4) is 0 Å². The zero-order valence-electron chi connectivity index (χ0n) is 12.5. The molecule has 1 aromatic heterocycles. The van der Waals surface area contributed by atoms with Gasteiger partial charge in [0.25, 0.3) is 0 Å². The van der Waals surface area contributed by atoms with Gasteiger partial charge in [-0.05, 0) is 38.8 Å². The number of hydrogen-bond donors (Lipinski definition) is 3. The number of sulfonamides is 1. The van der Waals surface area contributed by atoms with Crippen LogP contribution in [0, 0.1) is 6.92 Å². The average Bonchev–Trinajstić information content (AvgIpc) is 2.75. The van der Waals surface area contributed by atoms with Crippen molar-refractivity contribution in [2.45, 2.75) is 44.7 Å². The number of rotatable bonds is 9. The lowest BCUT2D eigenvalue weighted by molar-refractivity contribution is 0.554. The molecule has 0 aliphatic rings. The van der Waals surface area contributed by atoms with Crippen molar-refractivity contribution in [1.82, 2.24) is 20.2 Å². The minimum atomic E-state index is -3.53. The van der Waals surface area contributed by atoms with Crippen molar-refractivity contribution in [1.29, 1.82) is 0 Å². The first-order chi connectivity index (χ1) is 9.42. The predicted octanol–water partition coefficient (Wildman–Crippen LogP) is 1.25. The Morgan fingerprint density at radius 3 is 2.75 bits per heavy atom. The Morgan fingerprint density at radius 1 is 1.45 bits per heavy atom. The van der Waals surface area contributed by atoms with Crippen molar-refractivity contribution in [2.75, 3.05) is 18.6 Å².